The van der Waals surface area contributed by atoms with Crippen molar-refractivity contribution in [1.29, 1.82) is 0 Å². The number of ether oxygens (including phenoxy) is 2. The maximum absolute atomic E-state index is 12.5. The zero-order chi connectivity index (χ0) is 29.6. The normalized spacial score (nSPS) is 22.9. The Morgan fingerprint density at radius 2 is 1.79 bits per heavy atom. The summed E-state index contributed by atoms with van der Waals surface area (Å²) in [5.74, 6) is 2.95. The van der Waals surface area contributed by atoms with E-state index in [1.165, 1.54) is 11.9 Å². The van der Waals surface area contributed by atoms with E-state index in [1.807, 2.05) is 30.6 Å². The molecular weight excluding hydrogens is 556 g/mol. The van der Waals surface area contributed by atoms with E-state index >= 15 is 0 Å². The fraction of sp³-hybridized carbons (Fsp3) is 0.633. The lowest BCUT2D eigenvalue weighted by molar-refractivity contribution is 0.0276. The Bertz CT molecular complexity index is 1440. The number of carbonyl (C=O) groups excluding carboxylic acids is 1. The molecule has 1 N–H and O–H groups in total. The minimum atomic E-state index is -2.99. The van der Waals surface area contributed by atoms with E-state index in [1.54, 1.807) is 0 Å². The van der Waals surface area contributed by atoms with Gasteiger partial charge in [0, 0.05) is 32.2 Å². The number of sulfone groups is 1. The monoisotopic (exact) mass is 598 g/mol. The molecule has 4 aliphatic heterocycles. The minimum absolute atomic E-state index is 0.129. The van der Waals surface area contributed by atoms with Crippen molar-refractivity contribution in [2.75, 3.05) is 61.0 Å². The molecule has 0 saturated carbocycles. The summed E-state index contributed by atoms with van der Waals surface area (Å²) in [6.45, 7) is 12.4. The fourth-order valence-corrected chi connectivity index (χ4v) is 7.77. The molecule has 0 unspecified atom stereocenters. The number of aryl methyl sites for hydroxylation is 1. The van der Waals surface area contributed by atoms with Crippen LogP contribution in [0.4, 0.5) is 22.1 Å². The first-order valence-corrected chi connectivity index (χ1v) is 16.8. The summed E-state index contributed by atoms with van der Waals surface area (Å²) in [5, 5.41) is 3.52. The van der Waals surface area contributed by atoms with E-state index in [0.717, 1.165) is 73.8 Å². The summed E-state index contributed by atoms with van der Waals surface area (Å²) in [6, 6.07) is 4.83. The van der Waals surface area contributed by atoms with Gasteiger partial charge in [0.25, 0.3) is 0 Å². The van der Waals surface area contributed by atoms with Crippen molar-refractivity contribution >= 4 is 33.3 Å². The first-order valence-electron chi connectivity index (χ1n) is 15.0. The van der Waals surface area contributed by atoms with Gasteiger partial charge < -0.3 is 24.6 Å². The molecule has 42 heavy (non-hydrogen) atoms. The van der Waals surface area contributed by atoms with E-state index in [9.17, 15) is 13.2 Å². The van der Waals surface area contributed by atoms with Gasteiger partial charge in [-0.25, -0.2) is 23.2 Å². The van der Waals surface area contributed by atoms with Crippen LogP contribution in [0.15, 0.2) is 18.5 Å². The number of anilines is 3. The molecule has 11 nitrogen and oxygen atoms in total. The molecular formula is C30H42N6O5S. The van der Waals surface area contributed by atoms with Gasteiger partial charge in [0.2, 0.25) is 0 Å². The highest BCUT2D eigenvalue weighted by molar-refractivity contribution is 7.91. The molecule has 1 aromatic carbocycles. The third kappa shape index (κ3) is 6.15. The van der Waals surface area contributed by atoms with E-state index in [2.05, 4.69) is 39.2 Å². The molecule has 1 amide bonds. The van der Waals surface area contributed by atoms with Crippen molar-refractivity contribution in [3.63, 3.8) is 0 Å². The largest absolute Gasteiger partial charge is 0.486 e. The van der Waals surface area contributed by atoms with Gasteiger partial charge in [-0.05, 0) is 83.2 Å². The highest BCUT2D eigenvalue weighted by atomic mass is 32.2. The Balaban J connectivity index is 1.12. The van der Waals surface area contributed by atoms with Gasteiger partial charge in [-0.3, -0.25) is 4.90 Å². The number of piperidine rings is 1. The standard InChI is InChI=1S/C30H42N6O5S/c1-20-15-22(21-5-8-34(9-6-21)23-7-10-36(17-23)29(37)41-30(2,3)4)16-25-26(20)40-18-24-27(33-25)31-19-32-28(24)35-11-13-42(38,39)14-12-35/h15-16,19,21,23H,5-14,17-18H2,1-4H3,(H,31,32,33)/t23-/m1/s1. The van der Waals surface area contributed by atoms with Crippen LogP contribution in [-0.4, -0.2) is 96.7 Å². The second kappa shape index (κ2) is 11.2. The van der Waals surface area contributed by atoms with Crippen molar-refractivity contribution in [3.05, 3.63) is 35.2 Å². The third-order valence-corrected chi connectivity index (χ3v) is 10.4. The van der Waals surface area contributed by atoms with Crippen LogP contribution in [0.2, 0.25) is 0 Å². The highest BCUT2D eigenvalue weighted by Crippen LogP contribution is 2.41. The lowest BCUT2D eigenvalue weighted by Crippen LogP contribution is -2.43. The molecule has 3 fully saturated rings. The number of carbonyl (C=O) groups is 1. The van der Waals surface area contributed by atoms with Gasteiger partial charge in [-0.15, -0.1) is 0 Å². The number of fused-ring (bicyclic) bond motifs is 2. The van der Waals surface area contributed by atoms with Crippen LogP contribution in [-0.2, 0) is 21.2 Å². The first-order chi connectivity index (χ1) is 20.0. The molecule has 0 spiro atoms. The summed E-state index contributed by atoms with van der Waals surface area (Å²) >= 11 is 0. The number of nitrogens with one attached hydrogen (secondary N) is 1. The second-order valence-electron chi connectivity index (χ2n) is 13.0. The van der Waals surface area contributed by atoms with Crippen LogP contribution in [0.25, 0.3) is 0 Å². The molecule has 1 aromatic heterocycles. The second-order valence-corrected chi connectivity index (χ2v) is 15.3. The highest BCUT2D eigenvalue weighted by Gasteiger charge is 2.35. The Hall–Kier alpha value is -3.12. The van der Waals surface area contributed by atoms with E-state index < -0.39 is 15.4 Å². The van der Waals surface area contributed by atoms with Crippen LogP contribution in [0.3, 0.4) is 0 Å². The van der Waals surface area contributed by atoms with E-state index in [-0.39, 0.29) is 17.6 Å². The van der Waals surface area contributed by atoms with Gasteiger partial charge in [-0.2, -0.15) is 0 Å². The maximum atomic E-state index is 12.5. The Labute approximate surface area is 248 Å². The lowest BCUT2D eigenvalue weighted by atomic mass is 9.87. The number of aromatic nitrogens is 2. The zero-order valence-electron chi connectivity index (χ0n) is 25.1. The minimum Gasteiger partial charge on any atom is -0.486 e. The molecule has 5 heterocycles. The predicted molar refractivity (Wildman–Crippen MR) is 161 cm³/mol. The van der Waals surface area contributed by atoms with Crippen molar-refractivity contribution in [2.45, 2.75) is 71.1 Å². The SMILES string of the molecule is Cc1cc(C2CCN([C@@H]3CCN(C(=O)OC(C)(C)C)C3)CC2)cc2c1OCc1c(ncnc1N1CCS(=O)(=O)CC1)N2. The molecule has 0 radical (unpaired) electrons. The van der Waals surface area contributed by atoms with E-state index in [0.29, 0.717) is 37.5 Å². The number of benzene rings is 1. The third-order valence-electron chi connectivity index (χ3n) is 8.81. The van der Waals surface area contributed by atoms with Gasteiger partial charge in [0.15, 0.2) is 9.84 Å². The molecule has 3 saturated heterocycles. The van der Waals surface area contributed by atoms with Crippen molar-refractivity contribution in [2.24, 2.45) is 0 Å². The average molecular weight is 599 g/mol. The number of rotatable bonds is 3. The fourth-order valence-electron chi connectivity index (χ4n) is 6.56. The van der Waals surface area contributed by atoms with Gasteiger partial charge >= 0.3 is 6.09 Å². The van der Waals surface area contributed by atoms with Gasteiger partial charge in [0.1, 0.15) is 35.9 Å². The van der Waals surface area contributed by atoms with Crippen LogP contribution in [0.5, 0.6) is 5.75 Å². The molecule has 0 aliphatic carbocycles. The van der Waals surface area contributed by atoms with Gasteiger partial charge in [0.05, 0.1) is 22.8 Å². The summed E-state index contributed by atoms with van der Waals surface area (Å²) in [6.07, 6.45) is 4.43. The van der Waals surface area contributed by atoms with Crippen molar-refractivity contribution in [1.82, 2.24) is 19.8 Å². The van der Waals surface area contributed by atoms with Gasteiger partial charge in [-0.1, -0.05) is 6.07 Å². The summed E-state index contributed by atoms with van der Waals surface area (Å²) in [7, 11) is -2.99. The number of nitrogens with zero attached hydrogens (tertiary/aromatic N) is 5. The molecule has 12 heteroatoms. The number of amides is 1. The molecule has 0 bridgehead atoms. The first kappa shape index (κ1) is 29.0. The zero-order valence-corrected chi connectivity index (χ0v) is 25.9. The molecule has 6 rings (SSSR count). The average Bonchev–Trinajstić information content (AvgIpc) is 3.35. The summed E-state index contributed by atoms with van der Waals surface area (Å²) < 4.78 is 35.8. The van der Waals surface area contributed by atoms with Crippen molar-refractivity contribution in [3.8, 4) is 5.75 Å². The Morgan fingerprint density at radius 3 is 2.50 bits per heavy atom. The van der Waals surface area contributed by atoms with Crippen LogP contribution < -0.4 is 15.0 Å². The molecule has 2 aromatic rings. The lowest BCUT2D eigenvalue weighted by Gasteiger charge is -2.36. The quantitative estimate of drug-likeness (QED) is 0.558. The van der Waals surface area contributed by atoms with Crippen molar-refractivity contribution < 1.29 is 22.7 Å². The molecule has 228 valence electrons. The molecule has 1 atom stereocenters. The number of likely N-dealkylation sites (tertiary alicyclic amines) is 2. The topological polar surface area (TPSA) is 117 Å². The Morgan fingerprint density at radius 1 is 1.05 bits per heavy atom. The van der Waals surface area contributed by atoms with Crippen LogP contribution in [0.1, 0.15) is 62.6 Å². The van der Waals surface area contributed by atoms with Crippen LogP contribution in [0, 0.1) is 6.92 Å². The Kier molecular flexibility index (Phi) is 7.71. The summed E-state index contributed by atoms with van der Waals surface area (Å²) in [4.78, 5) is 28.0. The number of hydrogen-bond donors (Lipinski definition) is 1. The molecule has 4 aliphatic rings. The maximum Gasteiger partial charge on any atom is 0.410 e. The predicted octanol–water partition coefficient (Wildman–Crippen LogP) is 3.84. The smallest absolute Gasteiger partial charge is 0.410 e. The van der Waals surface area contributed by atoms with E-state index in [4.69, 9.17) is 9.47 Å². The summed E-state index contributed by atoms with van der Waals surface area (Å²) in [5.41, 5.74) is 3.64. The van der Waals surface area contributed by atoms with Crippen LogP contribution >= 0.6 is 0 Å². The number of hydrogen-bond acceptors (Lipinski definition) is 10.